The number of nitrogens with one attached hydrogen (secondary N) is 1. The quantitative estimate of drug-likeness (QED) is 0.242. The summed E-state index contributed by atoms with van der Waals surface area (Å²) < 4.78 is 103. The molecule has 222 valence electrons. The van der Waals surface area contributed by atoms with Gasteiger partial charge in [-0.15, -0.1) is 9.55 Å². The molecule has 0 saturated carbocycles. The lowest BCUT2D eigenvalue weighted by Gasteiger charge is -2.33. The van der Waals surface area contributed by atoms with Gasteiger partial charge in [0.1, 0.15) is 18.4 Å². The van der Waals surface area contributed by atoms with Crippen LogP contribution in [-0.2, 0) is 32.9 Å². The largest absolute Gasteiger partial charge is 0.462 e. The number of hydrogen-bond acceptors (Lipinski definition) is 6. The first-order valence-electron chi connectivity index (χ1n) is 11.5. The lowest BCUT2D eigenvalue weighted by Crippen LogP contribution is -2.33. The highest BCUT2D eigenvalue weighted by atomic mass is 35.5. The van der Waals surface area contributed by atoms with Gasteiger partial charge in [0.15, 0.2) is 5.82 Å². The maximum atomic E-state index is 13.4. The number of nitrogens with zero attached hydrogens (tertiary/aromatic N) is 3. The average molecular weight is 629 g/mol. The summed E-state index contributed by atoms with van der Waals surface area (Å²) >= 11 is 5.98. The number of aromatic amines is 1. The van der Waals surface area contributed by atoms with Crippen LogP contribution in [0.3, 0.4) is 0 Å². The highest BCUT2D eigenvalue weighted by Gasteiger charge is 2.38. The second-order valence-corrected chi connectivity index (χ2v) is 10.6. The minimum absolute atomic E-state index is 0.00497. The molecule has 3 aromatic rings. The van der Waals surface area contributed by atoms with Crippen LogP contribution in [0.5, 0.6) is 0 Å². The highest BCUT2D eigenvalue weighted by molar-refractivity contribution is 7.49. The lowest BCUT2D eigenvalue weighted by atomic mass is 10.0. The Bertz CT molecular complexity index is 1530. The SMILES string of the molecule is C[C@H](OC1=C(c2ccc(Cl)cc2)N(Cc2nn(P(=O)(O)O)c(=O)[nH]2)CCO1)c1cc(C(F)(F)F)cc(C(F)(F)F)c1. The molecule has 10 nitrogen and oxygen atoms in total. The molecule has 0 spiro atoms. The van der Waals surface area contributed by atoms with Crippen LogP contribution >= 0.6 is 19.3 Å². The van der Waals surface area contributed by atoms with E-state index in [9.17, 15) is 45.5 Å². The summed E-state index contributed by atoms with van der Waals surface area (Å²) in [7, 11) is -5.06. The molecule has 1 aliphatic heterocycles. The Hall–Kier alpha value is -3.46. The molecule has 4 rings (SSSR count). The minimum atomic E-state index is -5.06. The van der Waals surface area contributed by atoms with Crippen LogP contribution in [0.4, 0.5) is 26.3 Å². The third-order valence-electron chi connectivity index (χ3n) is 5.82. The Balaban J connectivity index is 1.76. The molecule has 1 aromatic heterocycles. The lowest BCUT2D eigenvalue weighted by molar-refractivity contribution is -0.143. The van der Waals surface area contributed by atoms with Gasteiger partial charge in [0, 0.05) is 10.6 Å². The molecule has 2 aromatic carbocycles. The molecule has 18 heteroatoms. The number of alkyl halides is 6. The van der Waals surface area contributed by atoms with E-state index < -0.39 is 48.6 Å². The van der Waals surface area contributed by atoms with Gasteiger partial charge in [-0.1, -0.05) is 23.7 Å². The zero-order valence-electron chi connectivity index (χ0n) is 20.7. The number of halogens is 7. The van der Waals surface area contributed by atoms with E-state index in [0.29, 0.717) is 22.7 Å². The van der Waals surface area contributed by atoms with E-state index in [1.807, 2.05) is 0 Å². The van der Waals surface area contributed by atoms with Crippen molar-refractivity contribution in [2.24, 2.45) is 0 Å². The van der Waals surface area contributed by atoms with Crippen LogP contribution < -0.4 is 5.69 Å². The van der Waals surface area contributed by atoms with Crippen molar-refractivity contribution < 1.29 is 50.2 Å². The van der Waals surface area contributed by atoms with Crippen molar-refractivity contribution in [2.75, 3.05) is 13.2 Å². The molecule has 1 atom stereocenters. The zero-order valence-corrected chi connectivity index (χ0v) is 22.4. The number of benzene rings is 2. The molecule has 3 N–H and O–H groups in total. The van der Waals surface area contributed by atoms with Gasteiger partial charge in [0.05, 0.1) is 24.2 Å². The molecule has 2 heterocycles. The monoisotopic (exact) mass is 628 g/mol. The summed E-state index contributed by atoms with van der Waals surface area (Å²) in [4.78, 5) is 34.4. The maximum Gasteiger partial charge on any atom is 0.454 e. The van der Waals surface area contributed by atoms with E-state index in [2.05, 4.69) is 10.1 Å². The van der Waals surface area contributed by atoms with Crippen LogP contribution in [0.15, 0.2) is 53.2 Å². The van der Waals surface area contributed by atoms with E-state index in [1.54, 1.807) is 0 Å². The van der Waals surface area contributed by atoms with Gasteiger partial charge in [0.2, 0.25) is 0 Å². The molecule has 0 saturated heterocycles. The number of hydrogen-bond donors (Lipinski definition) is 3. The summed E-state index contributed by atoms with van der Waals surface area (Å²) in [6.45, 7) is 1.04. The first-order chi connectivity index (χ1) is 18.9. The number of ether oxygens (including phenoxy) is 2. The Kier molecular flexibility index (Phi) is 8.24. The first kappa shape index (κ1) is 30.5. The van der Waals surface area contributed by atoms with Crippen molar-refractivity contribution in [3.63, 3.8) is 0 Å². The van der Waals surface area contributed by atoms with Gasteiger partial charge >= 0.3 is 31.7 Å². The van der Waals surface area contributed by atoms with E-state index in [1.165, 1.54) is 36.1 Å². The first-order valence-corrected chi connectivity index (χ1v) is 13.5. The average Bonchev–Trinajstić information content (AvgIpc) is 3.24. The van der Waals surface area contributed by atoms with Crippen LogP contribution in [0.2, 0.25) is 5.02 Å². The molecular weight excluding hydrogens is 609 g/mol. The van der Waals surface area contributed by atoms with Gasteiger partial charge in [0.25, 0.3) is 0 Å². The van der Waals surface area contributed by atoms with Gasteiger partial charge in [-0.05, 0) is 42.8 Å². The molecule has 0 aliphatic carbocycles. The molecular formula is C23H20ClF6N4O6P. The minimum Gasteiger partial charge on any atom is -0.462 e. The van der Waals surface area contributed by atoms with Crippen molar-refractivity contribution in [1.82, 2.24) is 19.4 Å². The molecule has 0 fully saturated rings. The normalized spacial score (nSPS) is 15.6. The number of rotatable bonds is 7. The van der Waals surface area contributed by atoms with Crippen LogP contribution in [0, 0.1) is 0 Å². The molecule has 0 bridgehead atoms. The Labute approximate surface area is 232 Å². The summed E-state index contributed by atoms with van der Waals surface area (Å²) in [6.07, 6.45) is -11.5. The van der Waals surface area contributed by atoms with E-state index in [4.69, 9.17) is 21.1 Å². The Morgan fingerprint density at radius 3 is 2.20 bits per heavy atom. The van der Waals surface area contributed by atoms with E-state index in [0.717, 1.165) is 0 Å². The van der Waals surface area contributed by atoms with Crippen molar-refractivity contribution in [2.45, 2.75) is 31.9 Å². The smallest absolute Gasteiger partial charge is 0.454 e. The van der Waals surface area contributed by atoms with Crippen molar-refractivity contribution in [3.8, 4) is 0 Å². The summed E-state index contributed by atoms with van der Waals surface area (Å²) in [5, 5.41) is 3.97. The van der Waals surface area contributed by atoms with Crippen LogP contribution in [0.1, 0.15) is 41.1 Å². The molecule has 0 radical (unpaired) electrons. The van der Waals surface area contributed by atoms with Crippen LogP contribution in [0.25, 0.3) is 5.70 Å². The fourth-order valence-electron chi connectivity index (χ4n) is 3.94. The molecule has 1 aliphatic rings. The highest BCUT2D eigenvalue weighted by Crippen LogP contribution is 2.39. The zero-order chi connectivity index (χ0) is 30.3. The third-order valence-corrected chi connectivity index (χ3v) is 6.84. The van der Waals surface area contributed by atoms with E-state index in [-0.39, 0.29) is 47.7 Å². The van der Waals surface area contributed by atoms with E-state index >= 15 is 0 Å². The van der Waals surface area contributed by atoms with Gasteiger partial charge in [-0.25, -0.2) is 9.36 Å². The fraction of sp³-hybridized carbons (Fsp3) is 0.304. The predicted molar refractivity (Wildman–Crippen MR) is 131 cm³/mol. The summed E-state index contributed by atoms with van der Waals surface area (Å²) in [5.74, 6) is -0.430. The Morgan fingerprint density at radius 1 is 1.10 bits per heavy atom. The van der Waals surface area contributed by atoms with Crippen molar-refractivity contribution >= 4 is 25.0 Å². The third kappa shape index (κ3) is 7.07. The fourth-order valence-corrected chi connectivity index (χ4v) is 4.58. The molecule has 0 amide bonds. The molecule has 0 unspecified atom stereocenters. The molecule has 41 heavy (non-hydrogen) atoms. The second kappa shape index (κ2) is 11.1. The standard InChI is InChI=1S/C23H20ClF6N4O6P/c1-12(14-8-15(22(25,26)27)10-16(9-14)23(28,29)30)40-20-19(13-2-4-17(24)5-3-13)33(6-7-39-20)11-18-31-21(35)34(32-18)41(36,37)38/h2-5,8-10,12H,6-7,11H2,1H3,(H,31,32,35)(H2,36,37,38)/t12-/m0/s1. The number of aromatic nitrogens is 3. The number of H-pyrrole nitrogens is 1. The van der Waals surface area contributed by atoms with Gasteiger partial charge < -0.3 is 24.2 Å². The van der Waals surface area contributed by atoms with Gasteiger partial charge in [-0.3, -0.25) is 4.98 Å². The second-order valence-electron chi connectivity index (χ2n) is 8.79. The summed E-state index contributed by atoms with van der Waals surface area (Å²) in [6, 6.07) is 7.18. The van der Waals surface area contributed by atoms with Crippen LogP contribution in [-0.4, -0.2) is 42.4 Å². The Morgan fingerprint density at radius 2 is 1.68 bits per heavy atom. The predicted octanol–water partition coefficient (Wildman–Crippen LogP) is 5.14. The van der Waals surface area contributed by atoms with Crippen molar-refractivity contribution in [1.29, 1.82) is 0 Å². The van der Waals surface area contributed by atoms with Gasteiger partial charge in [-0.2, -0.15) is 26.3 Å². The van der Waals surface area contributed by atoms with Crippen molar-refractivity contribution in [3.05, 3.63) is 92.0 Å². The maximum absolute atomic E-state index is 13.4. The summed E-state index contributed by atoms with van der Waals surface area (Å²) in [5.41, 5.74) is -4.07. The topological polar surface area (TPSA) is 130 Å².